The van der Waals surface area contributed by atoms with E-state index in [4.69, 9.17) is 5.21 Å². The van der Waals surface area contributed by atoms with Crippen molar-refractivity contribution in [1.29, 1.82) is 0 Å². The van der Waals surface area contributed by atoms with E-state index >= 15 is 0 Å². The first-order chi connectivity index (χ1) is 14.0. The minimum Gasteiger partial charge on any atom is -0.508 e. The number of nitrogens with zero attached hydrogens (tertiary/aromatic N) is 1. The Morgan fingerprint density at radius 3 is 2.48 bits per heavy atom. The number of rotatable bonds is 6. The smallest absolute Gasteiger partial charge is 0.267 e. The lowest BCUT2D eigenvalue weighted by atomic mass is 10.1. The lowest BCUT2D eigenvalue weighted by molar-refractivity contribution is -0.143. The average molecular weight is 433 g/mol. The van der Waals surface area contributed by atoms with Crippen molar-refractivity contribution in [3.63, 3.8) is 0 Å². The van der Waals surface area contributed by atoms with Gasteiger partial charge < -0.3 is 10.0 Å². The van der Waals surface area contributed by atoms with Gasteiger partial charge >= 0.3 is 0 Å². The fraction of sp³-hybridized carbons (Fsp3) is 0.250. The highest BCUT2D eigenvalue weighted by Crippen LogP contribution is 2.44. The third-order valence-electron chi connectivity index (χ3n) is 4.46. The number of amides is 2. The molecule has 7 nitrogen and oxygen atoms in total. The first-order valence-corrected chi connectivity index (χ1v) is 10.9. The lowest BCUT2D eigenvalue weighted by Crippen LogP contribution is -2.47. The van der Waals surface area contributed by atoms with Crippen molar-refractivity contribution >= 4 is 40.5 Å². The predicted octanol–water partition coefficient (Wildman–Crippen LogP) is 2.80. The van der Waals surface area contributed by atoms with Gasteiger partial charge in [-0.05, 0) is 6.07 Å². The fourth-order valence-electron chi connectivity index (χ4n) is 3.04. The summed E-state index contributed by atoms with van der Waals surface area (Å²) in [5.74, 6) is -0.439. The first-order valence-electron chi connectivity index (χ1n) is 8.89. The molecule has 3 rings (SSSR count). The summed E-state index contributed by atoms with van der Waals surface area (Å²) < 4.78 is 0. The maximum Gasteiger partial charge on any atom is 0.267 e. The van der Waals surface area contributed by atoms with Crippen molar-refractivity contribution in [3.8, 4) is 5.75 Å². The van der Waals surface area contributed by atoms with Crippen molar-refractivity contribution in [3.05, 3.63) is 65.7 Å². The molecule has 0 aromatic heterocycles. The molecule has 2 aromatic carbocycles. The van der Waals surface area contributed by atoms with Gasteiger partial charge in [0.05, 0.1) is 0 Å². The summed E-state index contributed by atoms with van der Waals surface area (Å²) in [6.07, 6.45) is 0.0447. The molecule has 1 heterocycles. The summed E-state index contributed by atoms with van der Waals surface area (Å²) in [6, 6.07) is 14.6. The summed E-state index contributed by atoms with van der Waals surface area (Å²) in [5.41, 5.74) is 2.69. The molecule has 0 unspecified atom stereocenters. The van der Waals surface area contributed by atoms with Crippen molar-refractivity contribution in [1.82, 2.24) is 10.4 Å². The second-order valence-electron chi connectivity index (χ2n) is 6.29. The number of carbonyl (C=O) groups excluding carboxylic acids is 3. The quantitative estimate of drug-likeness (QED) is 0.476. The van der Waals surface area contributed by atoms with Gasteiger partial charge in [-0.15, -0.1) is 11.8 Å². The first kappa shape index (κ1) is 21.2. The van der Waals surface area contributed by atoms with Crippen LogP contribution >= 0.6 is 23.5 Å². The molecule has 3 N–H and O–H groups in total. The standard InChI is InChI=1S/C20H20N2O5S2/c23-16-9-5-4-8-14(16)19-22(15(12-29-19)18(25)21-27)17(24)10-11-28-20(26)13-6-2-1-3-7-13/h1-9,15,19,23,27H,10-12H2,(H,21,25)/t15-,19+/m0/s1. The maximum atomic E-state index is 12.9. The molecule has 2 aromatic rings. The Balaban J connectivity index is 1.70. The second kappa shape index (κ2) is 9.82. The van der Waals surface area contributed by atoms with Gasteiger partial charge in [-0.25, -0.2) is 5.48 Å². The summed E-state index contributed by atoms with van der Waals surface area (Å²) in [4.78, 5) is 38.6. The molecule has 0 spiro atoms. The van der Waals surface area contributed by atoms with E-state index in [-0.39, 0.29) is 34.7 Å². The number of carbonyl (C=O) groups is 3. The molecule has 0 saturated carbocycles. The van der Waals surface area contributed by atoms with Gasteiger partial charge in [0.25, 0.3) is 5.91 Å². The Morgan fingerprint density at radius 2 is 1.79 bits per heavy atom. The van der Waals surface area contributed by atoms with Crippen LogP contribution in [-0.4, -0.2) is 49.7 Å². The van der Waals surface area contributed by atoms with E-state index in [9.17, 15) is 19.5 Å². The van der Waals surface area contributed by atoms with Crippen LogP contribution in [0.4, 0.5) is 0 Å². The van der Waals surface area contributed by atoms with Crippen LogP contribution in [0, 0.1) is 0 Å². The van der Waals surface area contributed by atoms with E-state index in [1.807, 2.05) is 6.07 Å². The molecule has 1 saturated heterocycles. The molecule has 152 valence electrons. The minimum atomic E-state index is -0.864. The van der Waals surface area contributed by atoms with Crippen LogP contribution in [0.5, 0.6) is 5.75 Å². The van der Waals surface area contributed by atoms with E-state index in [0.29, 0.717) is 11.1 Å². The third kappa shape index (κ3) is 4.92. The molecule has 0 radical (unpaired) electrons. The van der Waals surface area contributed by atoms with Crippen molar-refractivity contribution in [2.75, 3.05) is 11.5 Å². The Hall–Kier alpha value is -2.49. The molecular weight excluding hydrogens is 412 g/mol. The molecule has 1 fully saturated rings. The SMILES string of the molecule is O=C(SCCC(=O)N1[C@@H](c2ccccc2O)SC[C@H]1C(=O)NO)c1ccccc1. The van der Waals surface area contributed by atoms with E-state index in [2.05, 4.69) is 0 Å². The average Bonchev–Trinajstić information content (AvgIpc) is 3.19. The van der Waals surface area contributed by atoms with Crippen LogP contribution in [0.2, 0.25) is 0 Å². The highest BCUT2D eigenvalue weighted by Gasteiger charge is 2.42. The van der Waals surface area contributed by atoms with Gasteiger partial charge in [-0.2, -0.15) is 0 Å². The molecule has 29 heavy (non-hydrogen) atoms. The van der Waals surface area contributed by atoms with Crippen LogP contribution < -0.4 is 5.48 Å². The lowest BCUT2D eigenvalue weighted by Gasteiger charge is -2.29. The van der Waals surface area contributed by atoms with Crippen molar-refractivity contribution < 1.29 is 24.7 Å². The van der Waals surface area contributed by atoms with Gasteiger partial charge in [0, 0.05) is 29.1 Å². The summed E-state index contributed by atoms with van der Waals surface area (Å²) in [7, 11) is 0. The zero-order valence-corrected chi connectivity index (χ0v) is 17.0. The molecule has 0 aliphatic carbocycles. The highest BCUT2D eigenvalue weighted by atomic mass is 32.2. The number of benzene rings is 2. The number of phenols is 1. The van der Waals surface area contributed by atoms with Gasteiger partial charge in [-0.3, -0.25) is 19.6 Å². The Labute approximate surface area is 176 Å². The number of thioether (sulfide) groups is 2. The molecule has 2 amide bonds. The zero-order chi connectivity index (χ0) is 20.8. The molecule has 1 aliphatic rings. The molecule has 9 heteroatoms. The van der Waals surface area contributed by atoms with Gasteiger partial charge in [-0.1, -0.05) is 60.3 Å². The minimum absolute atomic E-state index is 0.0292. The van der Waals surface area contributed by atoms with Crippen LogP contribution in [0.3, 0.4) is 0 Å². The number of hydrogen-bond acceptors (Lipinski definition) is 7. The van der Waals surface area contributed by atoms with Crippen LogP contribution in [-0.2, 0) is 9.59 Å². The zero-order valence-electron chi connectivity index (χ0n) is 15.4. The number of hydroxylamine groups is 1. The van der Waals surface area contributed by atoms with Crippen LogP contribution in [0.15, 0.2) is 54.6 Å². The van der Waals surface area contributed by atoms with E-state index in [1.165, 1.54) is 22.7 Å². The molecule has 2 atom stereocenters. The molecule has 0 bridgehead atoms. The number of aromatic hydroxyl groups is 1. The normalized spacial score (nSPS) is 18.4. The maximum absolute atomic E-state index is 12.9. The Bertz CT molecular complexity index is 893. The molecule has 1 aliphatic heterocycles. The number of hydrogen-bond donors (Lipinski definition) is 3. The monoisotopic (exact) mass is 432 g/mol. The topological polar surface area (TPSA) is 107 Å². The van der Waals surface area contributed by atoms with Crippen LogP contribution in [0.1, 0.15) is 27.7 Å². The van der Waals surface area contributed by atoms with Gasteiger partial charge in [0.15, 0.2) is 0 Å². The van der Waals surface area contributed by atoms with Crippen molar-refractivity contribution in [2.24, 2.45) is 0 Å². The summed E-state index contributed by atoms with van der Waals surface area (Å²) >= 11 is 2.37. The van der Waals surface area contributed by atoms with Crippen LogP contribution in [0.25, 0.3) is 0 Å². The van der Waals surface area contributed by atoms with E-state index in [0.717, 1.165) is 11.8 Å². The third-order valence-corrected chi connectivity index (χ3v) is 6.67. The largest absolute Gasteiger partial charge is 0.508 e. The predicted molar refractivity (Wildman–Crippen MR) is 112 cm³/mol. The Morgan fingerprint density at radius 1 is 1.10 bits per heavy atom. The summed E-state index contributed by atoms with van der Waals surface area (Å²) in [6.45, 7) is 0. The highest BCUT2D eigenvalue weighted by molar-refractivity contribution is 8.14. The number of nitrogens with one attached hydrogen (secondary N) is 1. The van der Waals surface area contributed by atoms with Crippen molar-refractivity contribution in [2.45, 2.75) is 17.8 Å². The van der Waals surface area contributed by atoms with E-state index < -0.39 is 17.3 Å². The summed E-state index contributed by atoms with van der Waals surface area (Å²) in [5, 5.41) is 18.5. The Kier molecular flexibility index (Phi) is 7.18. The van der Waals surface area contributed by atoms with Gasteiger partial charge in [0.2, 0.25) is 11.0 Å². The van der Waals surface area contributed by atoms with Gasteiger partial charge in [0.1, 0.15) is 17.2 Å². The number of phenolic OH excluding ortho intramolecular Hbond substituents is 1. The number of para-hydroxylation sites is 1. The van der Waals surface area contributed by atoms with E-state index in [1.54, 1.807) is 47.9 Å². The fourth-order valence-corrected chi connectivity index (χ4v) is 5.29. The molecular formula is C20H20N2O5S2. The second-order valence-corrected chi connectivity index (χ2v) is 8.47.